The molecule has 1 unspecified atom stereocenters. The summed E-state index contributed by atoms with van der Waals surface area (Å²) in [6, 6.07) is 2.24. The standard InChI is InChI=1S/C15H20BrF2N/c1-4-6-19-14(7-10(3)5-2)15-12(17)8-11(16)9-13(15)18/h8-9,14,19H,3-7H2,1-2H3. The topological polar surface area (TPSA) is 12.0 Å². The summed E-state index contributed by atoms with van der Waals surface area (Å²) in [4.78, 5) is 0. The first kappa shape index (κ1) is 16.3. The van der Waals surface area contributed by atoms with E-state index in [1.807, 2.05) is 13.8 Å². The van der Waals surface area contributed by atoms with E-state index >= 15 is 0 Å². The van der Waals surface area contributed by atoms with Crippen molar-refractivity contribution < 1.29 is 8.78 Å². The maximum Gasteiger partial charge on any atom is 0.132 e. The Hall–Kier alpha value is -0.740. The Labute approximate surface area is 122 Å². The summed E-state index contributed by atoms with van der Waals surface area (Å²) in [5.41, 5.74) is 1.08. The van der Waals surface area contributed by atoms with Crippen LogP contribution in [0.25, 0.3) is 0 Å². The third kappa shape index (κ3) is 4.69. The first-order chi connectivity index (χ1) is 8.99. The number of rotatable bonds is 7. The summed E-state index contributed by atoms with van der Waals surface area (Å²) in [5.74, 6) is -1.05. The lowest BCUT2D eigenvalue weighted by molar-refractivity contribution is 0.461. The Morgan fingerprint density at radius 3 is 2.37 bits per heavy atom. The zero-order valence-corrected chi connectivity index (χ0v) is 13.0. The van der Waals surface area contributed by atoms with E-state index in [-0.39, 0.29) is 11.6 Å². The number of nitrogens with one attached hydrogen (secondary N) is 1. The quantitative estimate of drug-likeness (QED) is 0.683. The molecule has 1 aromatic carbocycles. The lowest BCUT2D eigenvalue weighted by atomic mass is 9.97. The third-order valence-corrected chi connectivity index (χ3v) is 3.48. The van der Waals surface area contributed by atoms with E-state index in [9.17, 15) is 8.78 Å². The van der Waals surface area contributed by atoms with Crippen molar-refractivity contribution in [1.82, 2.24) is 5.32 Å². The van der Waals surface area contributed by atoms with Gasteiger partial charge in [0.1, 0.15) is 11.6 Å². The van der Waals surface area contributed by atoms with Crippen LogP contribution in [0.5, 0.6) is 0 Å². The molecule has 0 heterocycles. The summed E-state index contributed by atoms with van der Waals surface area (Å²) in [6.07, 6.45) is 2.27. The van der Waals surface area contributed by atoms with E-state index in [4.69, 9.17) is 0 Å². The molecule has 0 amide bonds. The van der Waals surface area contributed by atoms with Crippen LogP contribution in [0, 0.1) is 11.6 Å². The normalized spacial score (nSPS) is 12.5. The molecule has 0 aliphatic carbocycles. The van der Waals surface area contributed by atoms with Crippen LogP contribution in [0.2, 0.25) is 0 Å². The Morgan fingerprint density at radius 2 is 1.89 bits per heavy atom. The Morgan fingerprint density at radius 1 is 1.32 bits per heavy atom. The molecular formula is C15H20BrF2N. The number of halogens is 3. The average molecular weight is 332 g/mol. The van der Waals surface area contributed by atoms with Crippen LogP contribution in [-0.2, 0) is 0 Å². The summed E-state index contributed by atoms with van der Waals surface area (Å²) in [7, 11) is 0. The molecule has 19 heavy (non-hydrogen) atoms. The van der Waals surface area contributed by atoms with Gasteiger partial charge in [-0.3, -0.25) is 0 Å². The van der Waals surface area contributed by atoms with Crippen molar-refractivity contribution in [2.75, 3.05) is 6.54 Å². The Bertz CT molecular complexity index is 423. The molecule has 1 nitrogen and oxygen atoms in total. The smallest absolute Gasteiger partial charge is 0.132 e. The molecule has 0 aromatic heterocycles. The molecule has 1 N–H and O–H groups in total. The van der Waals surface area contributed by atoms with Crippen LogP contribution in [0.4, 0.5) is 8.78 Å². The summed E-state index contributed by atoms with van der Waals surface area (Å²) < 4.78 is 28.4. The van der Waals surface area contributed by atoms with Gasteiger partial charge in [-0.05, 0) is 37.9 Å². The molecule has 0 radical (unpaired) electrons. The molecule has 0 spiro atoms. The van der Waals surface area contributed by atoms with Gasteiger partial charge in [-0.25, -0.2) is 8.78 Å². The monoisotopic (exact) mass is 331 g/mol. The fourth-order valence-electron chi connectivity index (χ4n) is 1.91. The van der Waals surface area contributed by atoms with Crippen molar-refractivity contribution in [3.8, 4) is 0 Å². The average Bonchev–Trinajstić information content (AvgIpc) is 2.34. The van der Waals surface area contributed by atoms with Crippen LogP contribution in [0.1, 0.15) is 44.7 Å². The van der Waals surface area contributed by atoms with Gasteiger partial charge in [0.2, 0.25) is 0 Å². The first-order valence-electron chi connectivity index (χ1n) is 6.54. The molecule has 1 atom stereocenters. The molecule has 0 fully saturated rings. The highest BCUT2D eigenvalue weighted by Crippen LogP contribution is 2.29. The van der Waals surface area contributed by atoms with Gasteiger partial charge in [0.05, 0.1) is 0 Å². The van der Waals surface area contributed by atoms with Gasteiger partial charge in [-0.2, -0.15) is 0 Å². The highest BCUT2D eigenvalue weighted by Gasteiger charge is 2.20. The van der Waals surface area contributed by atoms with E-state index in [0.717, 1.165) is 25.0 Å². The largest absolute Gasteiger partial charge is 0.309 e. The lowest BCUT2D eigenvalue weighted by Crippen LogP contribution is -2.24. The van der Waals surface area contributed by atoms with Crippen LogP contribution >= 0.6 is 15.9 Å². The minimum atomic E-state index is -0.524. The number of hydrogen-bond donors (Lipinski definition) is 1. The molecule has 0 aliphatic heterocycles. The maximum atomic E-state index is 14.0. The second-order valence-electron chi connectivity index (χ2n) is 4.60. The summed E-state index contributed by atoms with van der Waals surface area (Å²) in [6.45, 7) is 8.66. The zero-order chi connectivity index (χ0) is 14.4. The van der Waals surface area contributed by atoms with E-state index < -0.39 is 11.6 Å². The predicted molar refractivity (Wildman–Crippen MR) is 79.1 cm³/mol. The predicted octanol–water partition coefficient (Wildman–Crippen LogP) is 5.12. The SMILES string of the molecule is C=C(CC)CC(NCCC)c1c(F)cc(Br)cc1F. The highest BCUT2D eigenvalue weighted by atomic mass is 79.9. The van der Waals surface area contributed by atoms with Gasteiger partial charge in [0, 0.05) is 16.1 Å². The van der Waals surface area contributed by atoms with E-state index in [2.05, 4.69) is 27.8 Å². The Balaban J connectivity index is 3.05. The van der Waals surface area contributed by atoms with Gasteiger partial charge in [0.15, 0.2) is 0 Å². The molecule has 1 rings (SSSR count). The maximum absolute atomic E-state index is 14.0. The molecule has 4 heteroatoms. The minimum Gasteiger partial charge on any atom is -0.309 e. The van der Waals surface area contributed by atoms with Gasteiger partial charge in [-0.15, -0.1) is 0 Å². The van der Waals surface area contributed by atoms with Crippen LogP contribution in [0.3, 0.4) is 0 Å². The second kappa shape index (κ2) is 7.75. The van der Waals surface area contributed by atoms with E-state index in [0.29, 0.717) is 10.9 Å². The van der Waals surface area contributed by atoms with Crippen LogP contribution in [-0.4, -0.2) is 6.54 Å². The molecule has 0 aliphatic rings. The minimum absolute atomic E-state index is 0.103. The van der Waals surface area contributed by atoms with Crippen molar-refractivity contribution in [2.24, 2.45) is 0 Å². The highest BCUT2D eigenvalue weighted by molar-refractivity contribution is 9.10. The van der Waals surface area contributed by atoms with Crippen LogP contribution < -0.4 is 5.32 Å². The fourth-order valence-corrected chi connectivity index (χ4v) is 2.32. The molecule has 1 aromatic rings. The number of hydrogen-bond acceptors (Lipinski definition) is 1. The molecule has 0 bridgehead atoms. The fraction of sp³-hybridized carbons (Fsp3) is 0.467. The summed E-state index contributed by atoms with van der Waals surface area (Å²) >= 11 is 3.10. The van der Waals surface area contributed by atoms with Crippen molar-refractivity contribution in [1.29, 1.82) is 0 Å². The summed E-state index contributed by atoms with van der Waals surface area (Å²) in [5, 5.41) is 3.20. The van der Waals surface area contributed by atoms with Gasteiger partial charge < -0.3 is 5.32 Å². The zero-order valence-electron chi connectivity index (χ0n) is 11.4. The first-order valence-corrected chi connectivity index (χ1v) is 7.33. The molecule has 0 saturated carbocycles. The van der Waals surface area contributed by atoms with Crippen molar-refractivity contribution >= 4 is 15.9 Å². The van der Waals surface area contributed by atoms with E-state index in [1.165, 1.54) is 12.1 Å². The van der Waals surface area contributed by atoms with Gasteiger partial charge in [-0.1, -0.05) is 41.9 Å². The second-order valence-corrected chi connectivity index (χ2v) is 5.51. The van der Waals surface area contributed by atoms with Crippen molar-refractivity contribution in [3.05, 3.63) is 46.0 Å². The van der Waals surface area contributed by atoms with Crippen molar-refractivity contribution in [2.45, 2.75) is 39.2 Å². The molecular weight excluding hydrogens is 312 g/mol. The lowest BCUT2D eigenvalue weighted by Gasteiger charge is -2.21. The molecule has 106 valence electrons. The number of benzene rings is 1. The van der Waals surface area contributed by atoms with Crippen molar-refractivity contribution in [3.63, 3.8) is 0 Å². The van der Waals surface area contributed by atoms with E-state index in [1.54, 1.807) is 0 Å². The third-order valence-electron chi connectivity index (χ3n) is 3.03. The Kier molecular flexibility index (Phi) is 6.66. The van der Waals surface area contributed by atoms with Crippen LogP contribution in [0.15, 0.2) is 28.8 Å². The molecule has 0 saturated heterocycles. The van der Waals surface area contributed by atoms with Gasteiger partial charge in [0.25, 0.3) is 0 Å². The van der Waals surface area contributed by atoms with Gasteiger partial charge >= 0.3 is 0 Å².